The number of rotatable bonds is 7. The molecule has 0 saturated carbocycles. The molecule has 0 bridgehead atoms. The van der Waals surface area contributed by atoms with Gasteiger partial charge in [-0.1, -0.05) is 0 Å². The molecule has 0 unspecified atom stereocenters. The van der Waals surface area contributed by atoms with Crippen LogP contribution in [0, 0.1) is 15.9 Å². The molecule has 0 aliphatic carbocycles. The third-order valence-electron chi connectivity index (χ3n) is 6.95. The molecule has 2 aromatic carbocycles. The van der Waals surface area contributed by atoms with E-state index in [0.717, 1.165) is 0 Å². The Morgan fingerprint density at radius 1 is 1.16 bits per heavy atom. The van der Waals surface area contributed by atoms with Crippen LogP contribution in [0.2, 0.25) is 0 Å². The summed E-state index contributed by atoms with van der Waals surface area (Å²) in [5, 5.41) is 11.6. The number of aromatic nitrogens is 1. The number of hydrogen-bond donors (Lipinski definition) is 1. The number of carbonyl (C=O) groups excluding carboxylic acids is 3. The summed E-state index contributed by atoms with van der Waals surface area (Å²) < 4.78 is 20.4. The zero-order valence-electron chi connectivity index (χ0n) is 20.7. The van der Waals surface area contributed by atoms with Gasteiger partial charge in [0.15, 0.2) is 0 Å². The SMILES string of the molecule is CC(=O)CC[C@H]1CN(c2ccc(N3CCN(C(=O)c4c[nH]c5ccc([N+](=O)[O-])cc45)CC3)c(F)c2)C(=O)O1. The first-order valence-corrected chi connectivity index (χ1v) is 12.3. The lowest BCUT2D eigenvalue weighted by molar-refractivity contribution is -0.384. The van der Waals surface area contributed by atoms with Crippen LogP contribution in [0.1, 0.15) is 30.1 Å². The number of non-ortho nitro benzene ring substituents is 1. The van der Waals surface area contributed by atoms with Crippen LogP contribution in [0.25, 0.3) is 10.9 Å². The van der Waals surface area contributed by atoms with Crippen LogP contribution in [0.3, 0.4) is 0 Å². The molecular weight excluding hydrogens is 497 g/mol. The number of carbonyl (C=O) groups is 3. The molecular formula is C26H26FN5O6. The molecule has 198 valence electrons. The molecule has 3 heterocycles. The Labute approximate surface area is 216 Å². The van der Waals surface area contributed by atoms with E-state index in [0.29, 0.717) is 66.9 Å². The number of halogens is 1. The van der Waals surface area contributed by atoms with Crippen LogP contribution in [0.4, 0.5) is 26.2 Å². The second-order valence-corrected chi connectivity index (χ2v) is 9.46. The Bertz CT molecular complexity index is 1430. The number of Topliss-reactive ketones (excluding diaryl/α,β-unsaturated/α-hetero) is 1. The number of nitrogens with one attached hydrogen (secondary N) is 1. The molecule has 3 aromatic rings. The zero-order chi connectivity index (χ0) is 27.0. The van der Waals surface area contributed by atoms with Crippen molar-refractivity contribution in [3.63, 3.8) is 0 Å². The largest absolute Gasteiger partial charge is 0.444 e. The van der Waals surface area contributed by atoms with Crippen LogP contribution in [-0.2, 0) is 9.53 Å². The molecule has 12 heteroatoms. The number of piperazine rings is 1. The maximum absolute atomic E-state index is 15.1. The zero-order valence-corrected chi connectivity index (χ0v) is 20.7. The van der Waals surface area contributed by atoms with Gasteiger partial charge in [0.25, 0.3) is 11.6 Å². The monoisotopic (exact) mass is 523 g/mol. The summed E-state index contributed by atoms with van der Waals surface area (Å²) in [6.07, 6.45) is 1.31. The van der Waals surface area contributed by atoms with Crippen molar-refractivity contribution in [3.8, 4) is 0 Å². The van der Waals surface area contributed by atoms with E-state index in [-0.39, 0.29) is 23.9 Å². The summed E-state index contributed by atoms with van der Waals surface area (Å²) >= 11 is 0. The molecule has 2 aliphatic heterocycles. The van der Waals surface area contributed by atoms with E-state index in [2.05, 4.69) is 4.98 Å². The van der Waals surface area contributed by atoms with Gasteiger partial charge in [0.2, 0.25) is 0 Å². The van der Waals surface area contributed by atoms with Gasteiger partial charge < -0.3 is 24.3 Å². The quantitative estimate of drug-likeness (QED) is 0.368. The Hall–Kier alpha value is -4.48. The Balaban J connectivity index is 1.23. The highest BCUT2D eigenvalue weighted by Crippen LogP contribution is 2.30. The number of amides is 2. The fourth-order valence-corrected chi connectivity index (χ4v) is 4.89. The number of fused-ring (bicyclic) bond motifs is 1. The number of nitro benzene ring substituents is 1. The minimum atomic E-state index is -0.569. The van der Waals surface area contributed by atoms with Crippen LogP contribution in [-0.4, -0.2) is 71.4 Å². The lowest BCUT2D eigenvalue weighted by Gasteiger charge is -2.36. The Morgan fingerprint density at radius 3 is 2.61 bits per heavy atom. The maximum Gasteiger partial charge on any atom is 0.414 e. The van der Waals surface area contributed by atoms with Crippen LogP contribution >= 0.6 is 0 Å². The van der Waals surface area contributed by atoms with Gasteiger partial charge in [-0.2, -0.15) is 0 Å². The normalized spacial score (nSPS) is 17.7. The van der Waals surface area contributed by atoms with E-state index in [4.69, 9.17) is 4.74 Å². The molecule has 0 radical (unpaired) electrons. The summed E-state index contributed by atoms with van der Waals surface area (Å²) in [6, 6.07) is 8.89. The Morgan fingerprint density at radius 2 is 1.92 bits per heavy atom. The smallest absolute Gasteiger partial charge is 0.414 e. The van der Waals surface area contributed by atoms with Crippen molar-refractivity contribution < 1.29 is 28.4 Å². The number of nitrogens with zero attached hydrogens (tertiary/aromatic N) is 4. The maximum atomic E-state index is 15.1. The predicted molar refractivity (Wildman–Crippen MR) is 137 cm³/mol. The number of benzene rings is 2. The van der Waals surface area contributed by atoms with Gasteiger partial charge in [-0.05, 0) is 37.6 Å². The number of ketones is 1. The number of H-pyrrole nitrogens is 1. The molecule has 1 atom stereocenters. The van der Waals surface area contributed by atoms with E-state index in [1.165, 1.54) is 30.0 Å². The standard InChI is InChI=1S/C26H26FN5O6/c1-16(33)2-5-19-15-31(26(35)38-19)17-4-7-24(22(27)13-17)29-8-10-30(11-9-29)25(34)21-14-28-23-6-3-18(32(36)37)12-20(21)23/h3-4,6-7,12-14,19,28H,2,5,8-11,15H2,1H3/t19-/m0/s1. The minimum absolute atomic E-state index is 0.0159. The molecule has 11 nitrogen and oxygen atoms in total. The second-order valence-electron chi connectivity index (χ2n) is 9.46. The molecule has 2 saturated heterocycles. The lowest BCUT2D eigenvalue weighted by Crippen LogP contribution is -2.49. The van der Waals surface area contributed by atoms with Crippen LogP contribution in [0.5, 0.6) is 0 Å². The molecule has 2 aliphatic rings. The molecule has 1 N–H and O–H groups in total. The van der Waals surface area contributed by atoms with E-state index >= 15 is 4.39 Å². The second kappa shape index (κ2) is 10.1. The first-order valence-electron chi connectivity index (χ1n) is 12.3. The summed E-state index contributed by atoms with van der Waals surface area (Å²) in [6.45, 7) is 3.21. The summed E-state index contributed by atoms with van der Waals surface area (Å²) in [5.41, 5.74) is 1.63. The van der Waals surface area contributed by atoms with Crippen molar-refractivity contribution in [3.05, 3.63) is 64.1 Å². The van der Waals surface area contributed by atoms with E-state index < -0.39 is 22.9 Å². The molecule has 38 heavy (non-hydrogen) atoms. The predicted octanol–water partition coefficient (Wildman–Crippen LogP) is 3.87. The van der Waals surface area contributed by atoms with Gasteiger partial charge in [-0.15, -0.1) is 0 Å². The van der Waals surface area contributed by atoms with E-state index in [9.17, 15) is 24.5 Å². The fourth-order valence-electron chi connectivity index (χ4n) is 4.89. The van der Waals surface area contributed by atoms with Gasteiger partial charge in [0, 0.05) is 61.8 Å². The highest BCUT2D eigenvalue weighted by atomic mass is 19.1. The summed E-state index contributed by atoms with van der Waals surface area (Å²) in [5.74, 6) is -0.729. The number of cyclic esters (lactones) is 1. The number of hydrogen-bond acceptors (Lipinski definition) is 7. The van der Waals surface area contributed by atoms with Crippen molar-refractivity contribution in [2.75, 3.05) is 42.5 Å². The van der Waals surface area contributed by atoms with Crippen molar-refractivity contribution in [1.29, 1.82) is 0 Å². The van der Waals surface area contributed by atoms with Gasteiger partial charge in [-0.3, -0.25) is 19.8 Å². The first-order chi connectivity index (χ1) is 18.2. The molecule has 5 rings (SSSR count). The van der Waals surface area contributed by atoms with Crippen molar-refractivity contribution in [2.24, 2.45) is 0 Å². The van der Waals surface area contributed by atoms with Crippen LogP contribution < -0.4 is 9.80 Å². The summed E-state index contributed by atoms with van der Waals surface area (Å²) in [4.78, 5) is 55.1. The van der Waals surface area contributed by atoms with Crippen molar-refractivity contribution in [2.45, 2.75) is 25.9 Å². The molecule has 0 spiro atoms. The third kappa shape index (κ3) is 4.89. The average Bonchev–Trinajstić information content (AvgIpc) is 3.50. The van der Waals surface area contributed by atoms with Gasteiger partial charge >= 0.3 is 6.09 Å². The fraction of sp³-hybridized carbons (Fsp3) is 0.346. The highest BCUT2D eigenvalue weighted by Gasteiger charge is 2.33. The van der Waals surface area contributed by atoms with Crippen molar-refractivity contribution in [1.82, 2.24) is 9.88 Å². The lowest BCUT2D eigenvalue weighted by atomic mass is 10.1. The van der Waals surface area contributed by atoms with Crippen LogP contribution in [0.15, 0.2) is 42.6 Å². The number of nitro groups is 1. The number of aromatic amines is 1. The Kier molecular flexibility index (Phi) is 6.70. The summed E-state index contributed by atoms with van der Waals surface area (Å²) in [7, 11) is 0. The number of ether oxygens (including phenoxy) is 1. The average molecular weight is 524 g/mol. The third-order valence-corrected chi connectivity index (χ3v) is 6.95. The minimum Gasteiger partial charge on any atom is -0.444 e. The molecule has 2 amide bonds. The molecule has 1 aromatic heterocycles. The first kappa shape index (κ1) is 25.2. The van der Waals surface area contributed by atoms with E-state index in [1.54, 1.807) is 29.3 Å². The van der Waals surface area contributed by atoms with Gasteiger partial charge in [0.1, 0.15) is 17.7 Å². The van der Waals surface area contributed by atoms with Gasteiger partial charge in [-0.25, -0.2) is 9.18 Å². The molecule has 2 fully saturated rings. The highest BCUT2D eigenvalue weighted by molar-refractivity contribution is 6.07. The van der Waals surface area contributed by atoms with Crippen molar-refractivity contribution >= 4 is 45.7 Å². The topological polar surface area (TPSA) is 129 Å². The van der Waals surface area contributed by atoms with E-state index in [1.807, 2.05) is 4.90 Å². The van der Waals surface area contributed by atoms with Gasteiger partial charge in [0.05, 0.1) is 28.4 Å². The number of anilines is 2.